The van der Waals surface area contributed by atoms with Crippen molar-refractivity contribution in [3.63, 3.8) is 0 Å². The Bertz CT molecular complexity index is 631. The highest BCUT2D eigenvalue weighted by molar-refractivity contribution is 9.10. The van der Waals surface area contributed by atoms with Crippen LogP contribution in [0.1, 0.15) is 11.1 Å². The molecule has 0 unspecified atom stereocenters. The third kappa shape index (κ3) is 2.89. The molecule has 2 aromatic rings. The van der Waals surface area contributed by atoms with Crippen molar-refractivity contribution in [2.24, 2.45) is 0 Å². The Kier molecular flexibility index (Phi) is 3.80. The van der Waals surface area contributed by atoms with Gasteiger partial charge in [0.2, 0.25) is 0 Å². The molecule has 20 heavy (non-hydrogen) atoms. The average Bonchev–Trinajstić information content (AvgIpc) is 2.44. The van der Waals surface area contributed by atoms with Crippen LogP contribution in [-0.4, -0.2) is 6.79 Å². The van der Waals surface area contributed by atoms with Crippen molar-refractivity contribution in [1.82, 2.24) is 0 Å². The number of rotatable bonds is 3. The maximum Gasteiger partial charge on any atom is 0.189 e. The van der Waals surface area contributed by atoms with Gasteiger partial charge in [-0.25, -0.2) is 0 Å². The van der Waals surface area contributed by atoms with Crippen LogP contribution in [0.3, 0.4) is 0 Å². The monoisotopic (exact) mass is 335 g/mol. The van der Waals surface area contributed by atoms with Gasteiger partial charge in [-0.1, -0.05) is 22.0 Å². The molecule has 1 heterocycles. The lowest BCUT2D eigenvalue weighted by atomic mass is 10.1. The SMILES string of the molecule is Nc1cc2c(c(COc3cccc(Br)c3)c1)OCOC2. The van der Waals surface area contributed by atoms with Crippen molar-refractivity contribution in [2.75, 3.05) is 12.5 Å². The van der Waals surface area contributed by atoms with E-state index in [0.717, 1.165) is 27.1 Å². The standard InChI is InChI=1S/C15H14BrNO3/c16-12-2-1-3-14(6-12)19-8-11-5-13(17)4-10-7-18-9-20-15(10)11/h1-6H,7-9,17H2. The van der Waals surface area contributed by atoms with Crippen LogP contribution >= 0.6 is 15.9 Å². The molecule has 4 nitrogen and oxygen atoms in total. The van der Waals surface area contributed by atoms with E-state index in [0.29, 0.717) is 18.9 Å². The molecule has 0 aliphatic carbocycles. The fourth-order valence-electron chi connectivity index (χ4n) is 2.15. The molecule has 0 amide bonds. The first-order valence-corrected chi connectivity index (χ1v) is 7.02. The van der Waals surface area contributed by atoms with E-state index in [1.165, 1.54) is 0 Å². The van der Waals surface area contributed by atoms with Crippen molar-refractivity contribution >= 4 is 21.6 Å². The molecular formula is C15H14BrNO3. The summed E-state index contributed by atoms with van der Waals surface area (Å²) in [7, 11) is 0. The van der Waals surface area contributed by atoms with Crippen LogP contribution in [0.5, 0.6) is 11.5 Å². The second kappa shape index (κ2) is 5.73. The molecular weight excluding hydrogens is 322 g/mol. The molecule has 5 heteroatoms. The maximum absolute atomic E-state index is 5.90. The van der Waals surface area contributed by atoms with Gasteiger partial charge in [0.05, 0.1) is 6.61 Å². The lowest BCUT2D eigenvalue weighted by Gasteiger charge is -2.21. The summed E-state index contributed by atoms with van der Waals surface area (Å²) in [4.78, 5) is 0. The molecule has 1 aliphatic heterocycles. The van der Waals surface area contributed by atoms with E-state index in [2.05, 4.69) is 15.9 Å². The number of anilines is 1. The molecule has 0 aromatic heterocycles. The number of fused-ring (bicyclic) bond motifs is 1. The van der Waals surface area contributed by atoms with Gasteiger partial charge in [0.25, 0.3) is 0 Å². The zero-order chi connectivity index (χ0) is 13.9. The number of hydrogen-bond donors (Lipinski definition) is 1. The summed E-state index contributed by atoms with van der Waals surface area (Å²) < 4.78 is 17.6. The molecule has 0 spiro atoms. The minimum Gasteiger partial charge on any atom is -0.489 e. The fourth-order valence-corrected chi connectivity index (χ4v) is 2.53. The lowest BCUT2D eigenvalue weighted by Crippen LogP contribution is -2.14. The summed E-state index contributed by atoms with van der Waals surface area (Å²) in [6.45, 7) is 1.19. The Morgan fingerprint density at radius 2 is 2.15 bits per heavy atom. The quantitative estimate of drug-likeness (QED) is 0.872. The van der Waals surface area contributed by atoms with Crippen LogP contribution in [0, 0.1) is 0 Å². The molecule has 0 bridgehead atoms. The lowest BCUT2D eigenvalue weighted by molar-refractivity contribution is -0.0175. The number of halogens is 1. The first-order valence-electron chi connectivity index (χ1n) is 6.22. The molecule has 0 radical (unpaired) electrons. The summed E-state index contributed by atoms with van der Waals surface area (Å²) in [6, 6.07) is 11.5. The molecule has 2 aromatic carbocycles. The van der Waals surface area contributed by atoms with E-state index in [-0.39, 0.29) is 6.79 Å². The van der Waals surface area contributed by atoms with Crippen LogP contribution in [0.4, 0.5) is 5.69 Å². The Morgan fingerprint density at radius 3 is 3.00 bits per heavy atom. The zero-order valence-corrected chi connectivity index (χ0v) is 12.4. The maximum atomic E-state index is 5.90. The molecule has 104 valence electrons. The number of nitrogens with two attached hydrogens (primary N) is 1. The van der Waals surface area contributed by atoms with Crippen molar-refractivity contribution in [2.45, 2.75) is 13.2 Å². The van der Waals surface area contributed by atoms with Gasteiger partial charge in [0.1, 0.15) is 18.1 Å². The highest BCUT2D eigenvalue weighted by Gasteiger charge is 2.16. The second-order valence-electron chi connectivity index (χ2n) is 4.52. The number of hydrogen-bond acceptors (Lipinski definition) is 4. The van der Waals surface area contributed by atoms with Crippen LogP contribution < -0.4 is 15.2 Å². The highest BCUT2D eigenvalue weighted by Crippen LogP contribution is 2.31. The number of ether oxygens (including phenoxy) is 3. The van der Waals surface area contributed by atoms with Crippen LogP contribution in [0.15, 0.2) is 40.9 Å². The predicted molar refractivity (Wildman–Crippen MR) is 79.6 cm³/mol. The molecule has 0 saturated carbocycles. The van der Waals surface area contributed by atoms with Crippen molar-refractivity contribution in [3.05, 3.63) is 52.0 Å². The van der Waals surface area contributed by atoms with E-state index in [1.807, 2.05) is 36.4 Å². The topological polar surface area (TPSA) is 53.7 Å². The zero-order valence-electron chi connectivity index (χ0n) is 10.8. The first kappa shape index (κ1) is 13.3. The van der Waals surface area contributed by atoms with Gasteiger partial charge >= 0.3 is 0 Å². The van der Waals surface area contributed by atoms with Crippen LogP contribution in [0.25, 0.3) is 0 Å². The Morgan fingerprint density at radius 1 is 1.25 bits per heavy atom. The summed E-state index contributed by atoms with van der Waals surface area (Å²) in [5, 5.41) is 0. The van der Waals surface area contributed by atoms with E-state index >= 15 is 0 Å². The largest absolute Gasteiger partial charge is 0.489 e. The summed E-state index contributed by atoms with van der Waals surface area (Å²) in [5.41, 5.74) is 8.48. The van der Waals surface area contributed by atoms with Gasteiger partial charge in [-0.2, -0.15) is 0 Å². The molecule has 2 N–H and O–H groups in total. The molecule has 1 aliphatic rings. The van der Waals surface area contributed by atoms with Crippen LogP contribution in [0.2, 0.25) is 0 Å². The summed E-state index contributed by atoms with van der Waals surface area (Å²) >= 11 is 3.42. The summed E-state index contributed by atoms with van der Waals surface area (Å²) in [6.07, 6.45) is 0. The normalized spacial score (nSPS) is 13.4. The Hall–Kier alpha value is -1.72. The first-order chi connectivity index (χ1) is 9.72. The highest BCUT2D eigenvalue weighted by atomic mass is 79.9. The van der Waals surface area contributed by atoms with Crippen LogP contribution in [-0.2, 0) is 18.0 Å². The average molecular weight is 336 g/mol. The minimum atomic E-state index is 0.265. The van der Waals surface area contributed by atoms with Gasteiger partial charge in [0, 0.05) is 21.3 Å². The van der Waals surface area contributed by atoms with Gasteiger partial charge in [-0.3, -0.25) is 0 Å². The van der Waals surface area contributed by atoms with Crippen molar-refractivity contribution < 1.29 is 14.2 Å². The van der Waals surface area contributed by atoms with Crippen molar-refractivity contribution in [1.29, 1.82) is 0 Å². The predicted octanol–water partition coefficient (Wildman–Crippen LogP) is 3.48. The Labute approximate surface area is 125 Å². The van der Waals surface area contributed by atoms with Gasteiger partial charge in [0.15, 0.2) is 6.79 Å². The van der Waals surface area contributed by atoms with Gasteiger partial charge < -0.3 is 19.9 Å². The second-order valence-corrected chi connectivity index (χ2v) is 5.44. The number of benzene rings is 2. The Balaban J connectivity index is 1.82. The summed E-state index contributed by atoms with van der Waals surface area (Å²) in [5.74, 6) is 1.61. The molecule has 0 saturated heterocycles. The van der Waals surface area contributed by atoms with E-state index in [9.17, 15) is 0 Å². The number of nitrogen functional groups attached to an aromatic ring is 1. The molecule has 0 fully saturated rings. The van der Waals surface area contributed by atoms with Gasteiger partial charge in [-0.05, 0) is 30.3 Å². The smallest absolute Gasteiger partial charge is 0.189 e. The third-order valence-corrected chi connectivity index (χ3v) is 3.49. The molecule has 0 atom stereocenters. The molecule has 3 rings (SSSR count). The van der Waals surface area contributed by atoms with E-state index in [4.69, 9.17) is 19.9 Å². The minimum absolute atomic E-state index is 0.265. The van der Waals surface area contributed by atoms with E-state index in [1.54, 1.807) is 0 Å². The van der Waals surface area contributed by atoms with Gasteiger partial charge in [-0.15, -0.1) is 0 Å². The van der Waals surface area contributed by atoms with E-state index < -0.39 is 0 Å². The fraction of sp³-hybridized carbons (Fsp3) is 0.200. The van der Waals surface area contributed by atoms with Crippen molar-refractivity contribution in [3.8, 4) is 11.5 Å². The third-order valence-electron chi connectivity index (χ3n) is 3.00.